The van der Waals surface area contributed by atoms with Crippen LogP contribution in [0.1, 0.15) is 16.8 Å². The molecule has 2 rings (SSSR count). The van der Waals surface area contributed by atoms with Gasteiger partial charge in [0.15, 0.2) is 0 Å². The highest BCUT2D eigenvalue weighted by Crippen LogP contribution is 2.24. The van der Waals surface area contributed by atoms with Crippen LogP contribution in [0.4, 0.5) is 5.82 Å². The first kappa shape index (κ1) is 15.2. The molecule has 0 aliphatic carbocycles. The highest BCUT2D eigenvalue weighted by Gasteiger charge is 2.11. The maximum atomic E-state index is 11.2. The molecular formula is C15H18N2O4. The van der Waals surface area contributed by atoms with Crippen molar-refractivity contribution in [2.24, 2.45) is 0 Å². The van der Waals surface area contributed by atoms with Gasteiger partial charge in [-0.3, -0.25) is 0 Å². The number of aliphatic hydroxyl groups excluding tert-OH is 1. The second-order valence-electron chi connectivity index (χ2n) is 4.49. The van der Waals surface area contributed by atoms with Crippen LogP contribution < -0.4 is 5.32 Å². The maximum absolute atomic E-state index is 11.2. The molecule has 1 aromatic carbocycles. The van der Waals surface area contributed by atoms with Crippen molar-refractivity contribution in [2.45, 2.75) is 6.42 Å². The third-order valence-corrected chi connectivity index (χ3v) is 3.02. The molecule has 0 fully saturated rings. The Labute approximate surface area is 122 Å². The van der Waals surface area contributed by atoms with E-state index in [0.717, 1.165) is 11.8 Å². The number of carbonyl (C=O) groups is 1. The molecule has 0 aliphatic heterocycles. The molecule has 1 heterocycles. The summed E-state index contributed by atoms with van der Waals surface area (Å²) in [7, 11) is 0. The van der Waals surface area contributed by atoms with Gasteiger partial charge >= 0.3 is 5.97 Å². The standard InChI is InChI=1S/C15H18N2O4/c18-7-9-21-8-3-6-16-14-12-5-2-1-4-11(12)13(10-17-14)15(19)20/h1-2,4-5,10,18H,3,6-9H2,(H,16,17)(H,19,20). The number of anilines is 1. The molecule has 0 atom stereocenters. The maximum Gasteiger partial charge on any atom is 0.337 e. The van der Waals surface area contributed by atoms with E-state index in [1.165, 1.54) is 6.20 Å². The Balaban J connectivity index is 2.07. The summed E-state index contributed by atoms with van der Waals surface area (Å²) in [5.41, 5.74) is 0.197. The molecule has 1 aromatic heterocycles. The fourth-order valence-electron chi connectivity index (χ4n) is 2.05. The number of aromatic nitrogens is 1. The summed E-state index contributed by atoms with van der Waals surface area (Å²) in [4.78, 5) is 15.4. The monoisotopic (exact) mass is 290 g/mol. The number of carboxylic acids is 1. The zero-order chi connectivity index (χ0) is 15.1. The van der Waals surface area contributed by atoms with Crippen LogP contribution in [0, 0.1) is 0 Å². The molecule has 0 bridgehead atoms. The summed E-state index contributed by atoms with van der Waals surface area (Å²) in [6.45, 7) is 1.58. The summed E-state index contributed by atoms with van der Waals surface area (Å²) in [5, 5.41) is 22.4. The van der Waals surface area contributed by atoms with Gasteiger partial charge in [0.1, 0.15) is 5.82 Å². The van der Waals surface area contributed by atoms with Gasteiger partial charge in [0.05, 0.1) is 18.8 Å². The normalized spacial score (nSPS) is 10.7. The second kappa shape index (κ2) is 7.56. The van der Waals surface area contributed by atoms with E-state index in [2.05, 4.69) is 10.3 Å². The molecule has 21 heavy (non-hydrogen) atoms. The van der Waals surface area contributed by atoms with Crippen LogP contribution >= 0.6 is 0 Å². The molecule has 112 valence electrons. The molecule has 2 aromatic rings. The average molecular weight is 290 g/mol. The molecule has 6 nitrogen and oxygen atoms in total. The lowest BCUT2D eigenvalue weighted by molar-refractivity contribution is 0.0698. The van der Waals surface area contributed by atoms with E-state index < -0.39 is 5.97 Å². The number of rotatable bonds is 8. The minimum atomic E-state index is -0.984. The van der Waals surface area contributed by atoms with Gasteiger partial charge < -0.3 is 20.3 Å². The van der Waals surface area contributed by atoms with Gasteiger partial charge in [-0.25, -0.2) is 9.78 Å². The Bertz CT molecular complexity index is 616. The number of fused-ring (bicyclic) bond motifs is 1. The van der Waals surface area contributed by atoms with E-state index in [0.29, 0.717) is 31.0 Å². The van der Waals surface area contributed by atoms with Crippen LogP contribution in [-0.4, -0.2) is 47.5 Å². The van der Waals surface area contributed by atoms with Crippen molar-refractivity contribution < 1.29 is 19.7 Å². The van der Waals surface area contributed by atoms with Crippen LogP contribution in [-0.2, 0) is 4.74 Å². The van der Waals surface area contributed by atoms with Crippen LogP contribution in [0.5, 0.6) is 0 Å². The zero-order valence-corrected chi connectivity index (χ0v) is 11.6. The van der Waals surface area contributed by atoms with Gasteiger partial charge in [0.2, 0.25) is 0 Å². The van der Waals surface area contributed by atoms with E-state index in [4.69, 9.17) is 9.84 Å². The minimum absolute atomic E-state index is 0.0241. The Morgan fingerprint density at radius 3 is 2.71 bits per heavy atom. The molecule has 0 radical (unpaired) electrons. The topological polar surface area (TPSA) is 91.7 Å². The predicted molar refractivity (Wildman–Crippen MR) is 79.7 cm³/mol. The van der Waals surface area contributed by atoms with Crippen molar-refractivity contribution in [3.05, 3.63) is 36.0 Å². The van der Waals surface area contributed by atoms with Gasteiger partial charge in [-0.15, -0.1) is 0 Å². The third-order valence-electron chi connectivity index (χ3n) is 3.02. The molecular weight excluding hydrogens is 272 g/mol. The van der Waals surface area contributed by atoms with Crippen molar-refractivity contribution in [1.29, 1.82) is 0 Å². The molecule has 3 N–H and O–H groups in total. The van der Waals surface area contributed by atoms with E-state index >= 15 is 0 Å². The number of hydrogen-bond donors (Lipinski definition) is 3. The second-order valence-corrected chi connectivity index (χ2v) is 4.49. The lowest BCUT2D eigenvalue weighted by Gasteiger charge is -2.10. The number of benzene rings is 1. The van der Waals surface area contributed by atoms with Crippen LogP contribution in [0.25, 0.3) is 10.8 Å². The summed E-state index contributed by atoms with van der Waals surface area (Å²) < 4.78 is 5.17. The zero-order valence-electron chi connectivity index (χ0n) is 11.6. The van der Waals surface area contributed by atoms with Crippen LogP contribution in [0.2, 0.25) is 0 Å². The smallest absolute Gasteiger partial charge is 0.337 e. The number of nitrogens with one attached hydrogen (secondary N) is 1. The third kappa shape index (κ3) is 3.90. The molecule has 0 unspecified atom stereocenters. The number of aliphatic hydroxyl groups is 1. The van der Waals surface area contributed by atoms with Crippen molar-refractivity contribution in [2.75, 3.05) is 31.7 Å². The lowest BCUT2D eigenvalue weighted by atomic mass is 10.1. The first-order valence-electron chi connectivity index (χ1n) is 6.77. The summed E-state index contributed by atoms with van der Waals surface area (Å²) >= 11 is 0. The molecule has 0 spiro atoms. The van der Waals surface area contributed by atoms with Gasteiger partial charge in [0.25, 0.3) is 0 Å². The van der Waals surface area contributed by atoms with Crippen LogP contribution in [0.15, 0.2) is 30.5 Å². The average Bonchev–Trinajstić information content (AvgIpc) is 2.50. The molecule has 0 saturated carbocycles. The van der Waals surface area contributed by atoms with Gasteiger partial charge in [0, 0.05) is 30.1 Å². The first-order chi connectivity index (χ1) is 10.2. The molecule has 0 saturated heterocycles. The van der Waals surface area contributed by atoms with Crippen molar-refractivity contribution in [3.8, 4) is 0 Å². The number of nitrogens with zero attached hydrogens (tertiary/aromatic N) is 1. The summed E-state index contributed by atoms with van der Waals surface area (Å²) in [6.07, 6.45) is 2.14. The number of pyridine rings is 1. The van der Waals surface area contributed by atoms with Crippen LogP contribution in [0.3, 0.4) is 0 Å². The van der Waals surface area contributed by atoms with Crippen molar-refractivity contribution in [1.82, 2.24) is 4.98 Å². The molecule has 0 aliphatic rings. The fraction of sp³-hybridized carbons (Fsp3) is 0.333. The minimum Gasteiger partial charge on any atom is -0.478 e. The highest BCUT2D eigenvalue weighted by molar-refractivity contribution is 6.06. The van der Waals surface area contributed by atoms with Crippen molar-refractivity contribution in [3.63, 3.8) is 0 Å². The Kier molecular flexibility index (Phi) is 5.48. The van der Waals surface area contributed by atoms with E-state index in [9.17, 15) is 9.90 Å². The number of ether oxygens (including phenoxy) is 1. The Hall–Kier alpha value is -2.18. The largest absolute Gasteiger partial charge is 0.478 e. The lowest BCUT2D eigenvalue weighted by Crippen LogP contribution is -2.09. The van der Waals surface area contributed by atoms with Gasteiger partial charge in [-0.2, -0.15) is 0 Å². The molecule has 6 heteroatoms. The quantitative estimate of drug-likeness (QED) is 0.641. The summed E-state index contributed by atoms with van der Waals surface area (Å²) in [5.74, 6) is -0.319. The predicted octanol–water partition coefficient (Wildman–Crippen LogP) is 1.74. The van der Waals surface area contributed by atoms with Gasteiger partial charge in [-0.05, 0) is 6.42 Å². The number of hydrogen-bond acceptors (Lipinski definition) is 5. The first-order valence-corrected chi connectivity index (χ1v) is 6.77. The number of carboxylic acid groups (broad SMARTS) is 1. The van der Waals surface area contributed by atoms with Crippen molar-refractivity contribution >= 4 is 22.6 Å². The fourth-order valence-corrected chi connectivity index (χ4v) is 2.05. The van der Waals surface area contributed by atoms with Gasteiger partial charge in [-0.1, -0.05) is 24.3 Å². The SMILES string of the molecule is O=C(O)c1cnc(NCCCOCCO)c2ccccc12. The Morgan fingerprint density at radius 2 is 2.00 bits per heavy atom. The highest BCUT2D eigenvalue weighted by atomic mass is 16.5. The van der Waals surface area contributed by atoms with E-state index in [-0.39, 0.29) is 12.2 Å². The van der Waals surface area contributed by atoms with E-state index in [1.807, 2.05) is 12.1 Å². The van der Waals surface area contributed by atoms with E-state index in [1.54, 1.807) is 12.1 Å². The summed E-state index contributed by atoms with van der Waals surface area (Å²) in [6, 6.07) is 7.28. The molecule has 0 amide bonds. The Morgan fingerprint density at radius 1 is 1.24 bits per heavy atom. The number of aromatic carboxylic acids is 1.